The fraction of sp³-hybridized carbons (Fsp3) is 0.538. The van der Waals surface area contributed by atoms with Crippen LogP contribution < -0.4 is 10.5 Å². The molecule has 0 saturated carbocycles. The van der Waals surface area contributed by atoms with Crippen LogP contribution in [0.5, 0.6) is 0 Å². The number of nitrogen functional groups attached to an aromatic ring is 1. The molecule has 0 bridgehead atoms. The average Bonchev–Trinajstić information content (AvgIpc) is 2.32. The molecule has 7 heteroatoms. The van der Waals surface area contributed by atoms with Crippen LogP contribution in [-0.4, -0.2) is 26.2 Å². The number of anilines is 1. The van der Waals surface area contributed by atoms with Gasteiger partial charge in [-0.3, -0.25) is 0 Å². The smallest absolute Gasteiger partial charge is 0.241 e. The lowest BCUT2D eigenvalue weighted by Crippen LogP contribution is -2.39. The minimum Gasteiger partial charge on any atom is -0.398 e. The van der Waals surface area contributed by atoms with E-state index in [0.29, 0.717) is 22.1 Å². The van der Waals surface area contributed by atoms with Crippen LogP contribution in [0.3, 0.4) is 0 Å². The average molecular weight is 365 g/mol. The van der Waals surface area contributed by atoms with Crippen LogP contribution in [0.15, 0.2) is 21.5 Å². The van der Waals surface area contributed by atoms with E-state index in [1.54, 1.807) is 13.0 Å². The van der Waals surface area contributed by atoms with Crippen molar-refractivity contribution in [2.45, 2.75) is 38.1 Å². The van der Waals surface area contributed by atoms with Crippen molar-refractivity contribution in [2.75, 3.05) is 12.3 Å². The standard InChI is InChI=1S/C13H21BrN2O3S/c1-8(2)12(4-5-17)16-20(18,19)13-7-10(14)6-11(15)9(13)3/h6-8,12,16-17H,4-5,15H2,1-3H3. The summed E-state index contributed by atoms with van der Waals surface area (Å²) in [6, 6.07) is 2.89. The Morgan fingerprint density at radius 2 is 2.00 bits per heavy atom. The zero-order valence-electron chi connectivity index (χ0n) is 11.9. The molecule has 0 fully saturated rings. The molecule has 0 aliphatic heterocycles. The van der Waals surface area contributed by atoms with E-state index in [1.807, 2.05) is 13.8 Å². The van der Waals surface area contributed by atoms with Crippen molar-refractivity contribution >= 4 is 31.6 Å². The summed E-state index contributed by atoms with van der Waals surface area (Å²) in [7, 11) is -3.67. The van der Waals surface area contributed by atoms with Crippen molar-refractivity contribution in [3.05, 3.63) is 22.2 Å². The molecule has 1 atom stereocenters. The molecule has 0 amide bonds. The maximum absolute atomic E-state index is 12.5. The molecule has 0 saturated heterocycles. The normalized spacial score (nSPS) is 13.7. The first-order chi connectivity index (χ1) is 9.19. The van der Waals surface area contributed by atoms with Gasteiger partial charge in [0, 0.05) is 22.8 Å². The number of hydrogen-bond acceptors (Lipinski definition) is 4. The van der Waals surface area contributed by atoms with E-state index in [-0.39, 0.29) is 23.5 Å². The summed E-state index contributed by atoms with van der Waals surface area (Å²) in [6.07, 6.45) is 0.374. The summed E-state index contributed by atoms with van der Waals surface area (Å²) in [5, 5.41) is 9.03. The van der Waals surface area contributed by atoms with Gasteiger partial charge in [-0.05, 0) is 37.0 Å². The molecule has 20 heavy (non-hydrogen) atoms. The van der Waals surface area contributed by atoms with E-state index < -0.39 is 10.0 Å². The maximum atomic E-state index is 12.5. The highest BCUT2D eigenvalue weighted by molar-refractivity contribution is 9.10. The Labute approximate surface area is 128 Å². The third-order valence-electron chi connectivity index (χ3n) is 3.21. The summed E-state index contributed by atoms with van der Waals surface area (Å²) in [5.74, 6) is 0.0849. The molecular weight excluding hydrogens is 344 g/mol. The fourth-order valence-electron chi connectivity index (χ4n) is 1.88. The molecule has 1 aromatic rings. The first-order valence-electron chi connectivity index (χ1n) is 6.38. The van der Waals surface area contributed by atoms with Gasteiger partial charge in [-0.15, -0.1) is 0 Å². The van der Waals surface area contributed by atoms with Gasteiger partial charge in [0.25, 0.3) is 0 Å². The second kappa shape index (κ2) is 6.89. The number of aliphatic hydroxyl groups excluding tert-OH is 1. The number of rotatable bonds is 6. The molecule has 0 radical (unpaired) electrons. The van der Waals surface area contributed by atoms with Gasteiger partial charge in [-0.1, -0.05) is 29.8 Å². The minimum atomic E-state index is -3.67. The van der Waals surface area contributed by atoms with Crippen molar-refractivity contribution < 1.29 is 13.5 Å². The van der Waals surface area contributed by atoms with Crippen molar-refractivity contribution in [2.24, 2.45) is 5.92 Å². The Morgan fingerprint density at radius 1 is 1.40 bits per heavy atom. The SMILES string of the molecule is Cc1c(N)cc(Br)cc1S(=O)(=O)NC(CCO)C(C)C. The Balaban J connectivity index is 3.17. The molecule has 1 unspecified atom stereocenters. The van der Waals surface area contributed by atoms with Gasteiger partial charge in [0.1, 0.15) is 0 Å². The van der Waals surface area contributed by atoms with Gasteiger partial charge < -0.3 is 10.8 Å². The zero-order chi connectivity index (χ0) is 15.5. The van der Waals surface area contributed by atoms with Crippen LogP contribution >= 0.6 is 15.9 Å². The zero-order valence-corrected chi connectivity index (χ0v) is 14.3. The highest BCUT2D eigenvalue weighted by atomic mass is 79.9. The Bertz CT molecular complexity index is 573. The number of nitrogens with one attached hydrogen (secondary N) is 1. The number of hydrogen-bond donors (Lipinski definition) is 3. The lowest BCUT2D eigenvalue weighted by atomic mass is 10.0. The van der Waals surface area contributed by atoms with E-state index in [0.717, 1.165) is 0 Å². The second-order valence-electron chi connectivity index (χ2n) is 5.10. The van der Waals surface area contributed by atoms with Gasteiger partial charge in [0.2, 0.25) is 10.0 Å². The van der Waals surface area contributed by atoms with E-state index in [1.165, 1.54) is 6.07 Å². The third kappa shape index (κ3) is 4.18. The van der Waals surface area contributed by atoms with E-state index in [2.05, 4.69) is 20.7 Å². The minimum absolute atomic E-state index is 0.0645. The summed E-state index contributed by atoms with van der Waals surface area (Å²) in [4.78, 5) is 0.160. The molecule has 1 aromatic carbocycles. The molecule has 0 aliphatic rings. The summed E-state index contributed by atoms with van der Waals surface area (Å²) >= 11 is 3.25. The second-order valence-corrected chi connectivity index (χ2v) is 7.70. The monoisotopic (exact) mass is 364 g/mol. The number of benzene rings is 1. The molecule has 114 valence electrons. The topological polar surface area (TPSA) is 92.4 Å². The predicted molar refractivity (Wildman–Crippen MR) is 83.9 cm³/mol. The van der Waals surface area contributed by atoms with Crippen LogP contribution in [0.1, 0.15) is 25.8 Å². The number of nitrogens with two attached hydrogens (primary N) is 1. The van der Waals surface area contributed by atoms with Gasteiger partial charge in [-0.25, -0.2) is 13.1 Å². The van der Waals surface area contributed by atoms with Crippen LogP contribution in [0.2, 0.25) is 0 Å². The van der Waals surface area contributed by atoms with Crippen LogP contribution in [0.4, 0.5) is 5.69 Å². The maximum Gasteiger partial charge on any atom is 0.241 e. The van der Waals surface area contributed by atoms with Gasteiger partial charge in [-0.2, -0.15) is 0 Å². The lowest BCUT2D eigenvalue weighted by molar-refractivity contribution is 0.256. The van der Waals surface area contributed by atoms with E-state index in [9.17, 15) is 8.42 Å². The van der Waals surface area contributed by atoms with E-state index in [4.69, 9.17) is 10.8 Å². The van der Waals surface area contributed by atoms with Gasteiger partial charge in [0.15, 0.2) is 0 Å². The van der Waals surface area contributed by atoms with Crippen LogP contribution in [0, 0.1) is 12.8 Å². The Hall–Kier alpha value is -0.630. The van der Waals surface area contributed by atoms with Gasteiger partial charge >= 0.3 is 0 Å². The largest absolute Gasteiger partial charge is 0.398 e. The predicted octanol–water partition coefficient (Wildman–Crippen LogP) is 2.03. The number of halogens is 1. The molecule has 0 aromatic heterocycles. The van der Waals surface area contributed by atoms with Crippen molar-refractivity contribution in [3.8, 4) is 0 Å². The molecule has 0 spiro atoms. The number of sulfonamides is 1. The van der Waals surface area contributed by atoms with Crippen molar-refractivity contribution in [1.82, 2.24) is 4.72 Å². The molecule has 0 heterocycles. The molecule has 1 rings (SSSR count). The summed E-state index contributed by atoms with van der Waals surface area (Å²) in [5.41, 5.74) is 6.75. The van der Waals surface area contributed by atoms with Gasteiger partial charge in [0.05, 0.1) is 4.90 Å². The Morgan fingerprint density at radius 3 is 2.50 bits per heavy atom. The molecule has 5 nitrogen and oxygen atoms in total. The highest BCUT2D eigenvalue weighted by Crippen LogP contribution is 2.26. The summed E-state index contributed by atoms with van der Waals surface area (Å²) < 4.78 is 28.2. The summed E-state index contributed by atoms with van der Waals surface area (Å²) in [6.45, 7) is 5.42. The fourth-order valence-corrected chi connectivity index (χ4v) is 4.23. The first-order valence-corrected chi connectivity index (χ1v) is 8.65. The quantitative estimate of drug-likeness (QED) is 0.673. The highest BCUT2D eigenvalue weighted by Gasteiger charge is 2.24. The Kier molecular flexibility index (Phi) is 6.00. The van der Waals surface area contributed by atoms with Crippen molar-refractivity contribution in [3.63, 3.8) is 0 Å². The van der Waals surface area contributed by atoms with Crippen molar-refractivity contribution in [1.29, 1.82) is 0 Å². The first kappa shape index (κ1) is 17.4. The van der Waals surface area contributed by atoms with E-state index >= 15 is 0 Å². The third-order valence-corrected chi connectivity index (χ3v) is 5.28. The molecule has 4 N–H and O–H groups in total. The number of aliphatic hydroxyl groups is 1. The molecule has 0 aliphatic carbocycles. The molecular formula is C13H21BrN2O3S. The van der Waals surface area contributed by atoms with Crippen LogP contribution in [0.25, 0.3) is 0 Å². The van der Waals surface area contributed by atoms with Crippen LogP contribution in [-0.2, 0) is 10.0 Å². The lowest BCUT2D eigenvalue weighted by Gasteiger charge is -2.22.